The summed E-state index contributed by atoms with van der Waals surface area (Å²) in [5, 5.41) is 0. The molecule has 0 saturated heterocycles. The minimum atomic E-state index is -0.264. The molecular formula is C12H16N4. The summed E-state index contributed by atoms with van der Waals surface area (Å²) in [7, 11) is 0. The minimum absolute atomic E-state index is 0.264. The summed E-state index contributed by atoms with van der Waals surface area (Å²) in [6, 6.07) is 0. The molecule has 1 aliphatic rings. The number of aromatic nitrogens is 2. The molecule has 2 heterocycles. The molecule has 0 N–H and O–H groups in total. The Morgan fingerprint density at radius 3 is 2.69 bits per heavy atom. The molecule has 4 heteroatoms. The molecule has 0 spiro atoms. The van der Waals surface area contributed by atoms with Crippen LogP contribution in [0.4, 0.5) is 5.69 Å². The van der Waals surface area contributed by atoms with Crippen LogP contribution in [-0.4, -0.2) is 27.9 Å². The van der Waals surface area contributed by atoms with Gasteiger partial charge in [-0.15, -0.1) is 0 Å². The van der Waals surface area contributed by atoms with E-state index in [0.29, 0.717) is 0 Å². The highest BCUT2D eigenvalue weighted by atomic mass is 15.0. The van der Waals surface area contributed by atoms with E-state index in [0.717, 1.165) is 29.3 Å². The average molecular weight is 216 g/mol. The normalized spacial score (nSPS) is 17.0. The zero-order valence-corrected chi connectivity index (χ0v) is 10.2. The summed E-state index contributed by atoms with van der Waals surface area (Å²) in [5.74, 6) is 0.845. The zero-order valence-electron chi connectivity index (χ0n) is 10.2. The first-order chi connectivity index (χ1) is 7.52. The van der Waals surface area contributed by atoms with Gasteiger partial charge in [-0.2, -0.15) is 0 Å². The number of rotatable bonds is 1. The lowest BCUT2D eigenvalue weighted by Gasteiger charge is -2.09. The van der Waals surface area contributed by atoms with E-state index in [1.807, 2.05) is 33.9 Å². The predicted octanol–water partition coefficient (Wildman–Crippen LogP) is 2.26. The van der Waals surface area contributed by atoms with Gasteiger partial charge in [-0.3, -0.25) is 9.98 Å². The lowest BCUT2D eigenvalue weighted by atomic mass is 10.1. The van der Waals surface area contributed by atoms with Crippen LogP contribution in [0.2, 0.25) is 0 Å². The Morgan fingerprint density at radius 1 is 1.25 bits per heavy atom. The van der Waals surface area contributed by atoms with E-state index < -0.39 is 0 Å². The molecule has 16 heavy (non-hydrogen) atoms. The van der Waals surface area contributed by atoms with Gasteiger partial charge in [-0.05, 0) is 20.8 Å². The first kappa shape index (κ1) is 10.9. The third-order valence-electron chi connectivity index (χ3n) is 2.48. The average Bonchev–Trinajstić information content (AvgIpc) is 2.38. The highest BCUT2D eigenvalue weighted by molar-refractivity contribution is 5.91. The van der Waals surface area contributed by atoms with Gasteiger partial charge in [0, 0.05) is 12.6 Å². The van der Waals surface area contributed by atoms with Gasteiger partial charge < -0.3 is 0 Å². The van der Waals surface area contributed by atoms with E-state index in [9.17, 15) is 0 Å². The number of aliphatic imine (C=N–C) groups is 2. The molecule has 0 saturated carbocycles. The first-order valence-corrected chi connectivity index (χ1v) is 5.50. The van der Waals surface area contributed by atoms with Crippen molar-refractivity contribution in [3.63, 3.8) is 0 Å². The number of fused-ring (bicyclic) bond motifs is 1. The quantitative estimate of drug-likeness (QED) is 0.723. The van der Waals surface area contributed by atoms with Crippen LogP contribution in [0.1, 0.15) is 38.0 Å². The Labute approximate surface area is 95.6 Å². The van der Waals surface area contributed by atoms with Crippen molar-refractivity contribution < 1.29 is 0 Å². The summed E-state index contributed by atoms with van der Waals surface area (Å²) >= 11 is 0. The largest absolute Gasteiger partial charge is 0.279 e. The van der Waals surface area contributed by atoms with E-state index in [4.69, 9.17) is 0 Å². The molecule has 0 aromatic carbocycles. The summed E-state index contributed by atoms with van der Waals surface area (Å²) < 4.78 is 0. The van der Waals surface area contributed by atoms with Crippen LogP contribution in [0.3, 0.4) is 0 Å². The third kappa shape index (κ3) is 2.01. The van der Waals surface area contributed by atoms with Crippen LogP contribution in [-0.2, 0) is 6.42 Å². The second-order valence-corrected chi connectivity index (χ2v) is 4.48. The maximum absolute atomic E-state index is 4.45. The fraction of sp³-hybridized carbons (Fsp3) is 0.500. The molecule has 0 unspecified atom stereocenters. The molecule has 1 aromatic heterocycles. The van der Waals surface area contributed by atoms with Crippen molar-refractivity contribution in [2.45, 2.75) is 39.7 Å². The Morgan fingerprint density at radius 2 is 2.00 bits per heavy atom. The number of nitrogens with zero attached hydrogens (tertiary/aromatic N) is 4. The summed E-state index contributed by atoms with van der Waals surface area (Å²) in [4.78, 5) is 17.7. The van der Waals surface area contributed by atoms with E-state index in [2.05, 4.69) is 20.0 Å². The van der Waals surface area contributed by atoms with Crippen molar-refractivity contribution in [2.75, 3.05) is 0 Å². The Bertz CT molecular complexity index is 472. The van der Waals surface area contributed by atoms with Crippen molar-refractivity contribution in [3.05, 3.63) is 17.2 Å². The van der Waals surface area contributed by atoms with Gasteiger partial charge in [-0.1, -0.05) is 6.92 Å². The van der Waals surface area contributed by atoms with Crippen LogP contribution < -0.4 is 0 Å². The van der Waals surface area contributed by atoms with Crippen molar-refractivity contribution in [1.29, 1.82) is 0 Å². The van der Waals surface area contributed by atoms with Crippen molar-refractivity contribution in [1.82, 2.24) is 9.97 Å². The molecular weight excluding hydrogens is 200 g/mol. The second kappa shape index (κ2) is 3.77. The van der Waals surface area contributed by atoms with E-state index in [1.54, 1.807) is 6.21 Å². The van der Waals surface area contributed by atoms with Crippen LogP contribution in [0, 0.1) is 6.92 Å². The second-order valence-electron chi connectivity index (χ2n) is 4.48. The molecule has 4 nitrogen and oxygen atoms in total. The van der Waals surface area contributed by atoms with Gasteiger partial charge in [-0.25, -0.2) is 9.97 Å². The predicted molar refractivity (Wildman–Crippen MR) is 66.0 cm³/mol. The van der Waals surface area contributed by atoms with E-state index >= 15 is 0 Å². The van der Waals surface area contributed by atoms with Crippen LogP contribution >= 0.6 is 0 Å². The number of aryl methyl sites for hydroxylation is 2. The van der Waals surface area contributed by atoms with Gasteiger partial charge >= 0.3 is 0 Å². The van der Waals surface area contributed by atoms with Crippen molar-refractivity contribution in [2.24, 2.45) is 9.98 Å². The summed E-state index contributed by atoms with van der Waals surface area (Å²) in [5.41, 5.74) is 2.32. The third-order valence-corrected chi connectivity index (χ3v) is 2.48. The fourth-order valence-electron chi connectivity index (χ4n) is 1.54. The van der Waals surface area contributed by atoms with Gasteiger partial charge in [0.2, 0.25) is 0 Å². The first-order valence-electron chi connectivity index (χ1n) is 5.50. The molecule has 84 valence electrons. The molecule has 0 bridgehead atoms. The molecule has 1 aromatic rings. The molecule has 2 rings (SSSR count). The topological polar surface area (TPSA) is 50.5 Å². The van der Waals surface area contributed by atoms with Crippen LogP contribution in [0.15, 0.2) is 9.98 Å². The van der Waals surface area contributed by atoms with Gasteiger partial charge in [0.25, 0.3) is 0 Å². The molecule has 0 aliphatic carbocycles. The maximum atomic E-state index is 4.45. The Hall–Kier alpha value is -1.58. The van der Waals surface area contributed by atoms with Crippen molar-refractivity contribution >= 4 is 18.1 Å². The zero-order chi connectivity index (χ0) is 11.8. The van der Waals surface area contributed by atoms with Gasteiger partial charge in [0.1, 0.15) is 17.2 Å². The highest BCUT2D eigenvalue weighted by Gasteiger charge is 2.17. The number of hydrogen-bond acceptors (Lipinski definition) is 4. The molecule has 0 radical (unpaired) electrons. The monoisotopic (exact) mass is 216 g/mol. The lowest BCUT2D eigenvalue weighted by molar-refractivity contribution is 0.723. The minimum Gasteiger partial charge on any atom is -0.279 e. The smallest absolute Gasteiger partial charge is 0.129 e. The Kier molecular flexibility index (Phi) is 2.58. The summed E-state index contributed by atoms with van der Waals surface area (Å²) in [6.45, 7) is 8.04. The lowest BCUT2D eigenvalue weighted by Crippen LogP contribution is -2.17. The van der Waals surface area contributed by atoms with Crippen LogP contribution in [0.5, 0.6) is 0 Å². The van der Waals surface area contributed by atoms with Crippen LogP contribution in [0.25, 0.3) is 0 Å². The SMILES string of the molecule is CCc1nc(C)c2c(n1)C=NC(C)(C)C=N2. The fourth-order valence-corrected chi connectivity index (χ4v) is 1.54. The van der Waals surface area contributed by atoms with E-state index in [-0.39, 0.29) is 5.54 Å². The molecule has 0 atom stereocenters. The molecule has 0 fully saturated rings. The maximum Gasteiger partial charge on any atom is 0.129 e. The summed E-state index contributed by atoms with van der Waals surface area (Å²) in [6.07, 6.45) is 4.47. The highest BCUT2D eigenvalue weighted by Crippen LogP contribution is 2.23. The van der Waals surface area contributed by atoms with Gasteiger partial charge in [0.15, 0.2) is 0 Å². The van der Waals surface area contributed by atoms with Gasteiger partial charge in [0.05, 0.1) is 17.4 Å². The Balaban J connectivity index is 2.59. The molecule has 0 amide bonds. The van der Waals surface area contributed by atoms with E-state index in [1.165, 1.54) is 0 Å². The molecule has 1 aliphatic heterocycles. The number of hydrogen-bond donors (Lipinski definition) is 0. The standard InChI is InChI=1S/C12H16N4/c1-5-10-15-8(2)11-9(16-10)6-14-12(3,4)7-13-11/h6-7H,5H2,1-4H3. The van der Waals surface area contributed by atoms with Crippen molar-refractivity contribution in [3.8, 4) is 0 Å².